The van der Waals surface area contributed by atoms with Crippen LogP contribution in [-0.4, -0.2) is 48.0 Å². The summed E-state index contributed by atoms with van der Waals surface area (Å²) in [6.07, 6.45) is 0.802. The van der Waals surface area contributed by atoms with Crippen LogP contribution in [0.5, 0.6) is 23.0 Å². The fourth-order valence-corrected chi connectivity index (χ4v) is 4.21. The first-order chi connectivity index (χ1) is 17.5. The van der Waals surface area contributed by atoms with Gasteiger partial charge in [0, 0.05) is 24.1 Å². The van der Waals surface area contributed by atoms with Crippen LogP contribution < -0.4 is 14.2 Å². The van der Waals surface area contributed by atoms with E-state index in [2.05, 4.69) is 0 Å². The maximum Gasteiger partial charge on any atom is 0.197 e. The van der Waals surface area contributed by atoms with Crippen LogP contribution in [0.3, 0.4) is 0 Å². The van der Waals surface area contributed by atoms with Crippen LogP contribution in [0.1, 0.15) is 74.5 Å². The zero-order chi connectivity index (χ0) is 27.3. The van der Waals surface area contributed by atoms with E-state index < -0.39 is 11.2 Å². The third-order valence-corrected chi connectivity index (χ3v) is 6.00. The number of ether oxygens (including phenoxy) is 3. The van der Waals surface area contributed by atoms with Crippen molar-refractivity contribution in [3.63, 3.8) is 0 Å². The van der Waals surface area contributed by atoms with Crippen LogP contribution in [0.4, 0.5) is 4.39 Å². The molecular weight excluding hydrogens is 557 g/mol. The summed E-state index contributed by atoms with van der Waals surface area (Å²) in [5, 5.41) is 28.1. The zero-order valence-corrected chi connectivity index (χ0v) is 24.2. The van der Waals surface area contributed by atoms with Crippen LogP contribution in [-0.2, 0) is 12.0 Å². The predicted molar refractivity (Wildman–Crippen MR) is 148 cm³/mol. The fourth-order valence-electron chi connectivity index (χ4n) is 4.21. The van der Waals surface area contributed by atoms with Crippen molar-refractivity contribution < 1.29 is 28.5 Å². The van der Waals surface area contributed by atoms with Crippen molar-refractivity contribution in [2.75, 3.05) is 26.4 Å². The Hall–Kier alpha value is -3.32. The van der Waals surface area contributed by atoms with Gasteiger partial charge in [0.2, 0.25) is 0 Å². The molecule has 8 nitrogen and oxygen atoms in total. The number of benzene rings is 2. The molecule has 0 saturated carbocycles. The minimum Gasteiger partial charge on any atom is -0.504 e. The number of hydrogen-bond donors (Lipinski definition) is 2. The number of aromatic hydroxyl groups is 1. The van der Waals surface area contributed by atoms with Crippen LogP contribution in [0.25, 0.3) is 0 Å². The van der Waals surface area contributed by atoms with E-state index in [0.29, 0.717) is 36.1 Å². The van der Waals surface area contributed by atoms with Crippen LogP contribution in [0.2, 0.25) is 0 Å². The summed E-state index contributed by atoms with van der Waals surface area (Å²) in [5.41, 5.74) is 1.03. The van der Waals surface area contributed by atoms with Crippen molar-refractivity contribution in [1.29, 1.82) is 10.7 Å². The molecule has 0 atom stereocenters. The van der Waals surface area contributed by atoms with Crippen molar-refractivity contribution in [2.45, 2.75) is 59.4 Å². The van der Waals surface area contributed by atoms with E-state index in [1.165, 1.54) is 11.0 Å². The summed E-state index contributed by atoms with van der Waals surface area (Å²) >= 11 is 0. The van der Waals surface area contributed by atoms with Gasteiger partial charge in [-0.1, -0.05) is 20.8 Å². The molecule has 0 spiro atoms. The van der Waals surface area contributed by atoms with Gasteiger partial charge in [0.05, 0.1) is 38.0 Å². The standard InChI is InChI=1S/C28H34FN3O5.BrH/c1-6-35-22-14-18-15-32(27(31)23(18)24(29)26(22)36-7-2)16-20(33)17-12-19(28(3,4)5)25(34)21(13-17)37-11-9-8-10-30;/h12-14,31,34H,6-9,11,15-16H2,1-5H3;1H. The number of unbranched alkanes of at least 4 members (excludes halogenated alkanes) is 1. The van der Waals surface area contributed by atoms with E-state index in [0.717, 1.165) is 0 Å². The number of nitriles is 1. The monoisotopic (exact) mass is 591 g/mol. The van der Waals surface area contributed by atoms with E-state index >= 15 is 4.39 Å². The highest BCUT2D eigenvalue weighted by Gasteiger charge is 2.33. The van der Waals surface area contributed by atoms with E-state index in [1.807, 2.05) is 26.8 Å². The van der Waals surface area contributed by atoms with Gasteiger partial charge in [-0.05, 0) is 49.4 Å². The molecule has 2 aromatic carbocycles. The average molecular weight is 593 g/mol. The lowest BCUT2D eigenvalue weighted by molar-refractivity contribution is 0.0962. The Balaban J connectivity index is 0.00000507. The molecule has 0 fully saturated rings. The van der Waals surface area contributed by atoms with Crippen LogP contribution in [0.15, 0.2) is 18.2 Å². The number of Topliss-reactive ketones (excluding diaryl/α,β-unsaturated/α-hetero) is 1. The van der Waals surface area contributed by atoms with Gasteiger partial charge in [-0.25, -0.2) is 4.39 Å². The Morgan fingerprint density at radius 1 is 1.16 bits per heavy atom. The van der Waals surface area contributed by atoms with E-state index in [9.17, 15) is 9.90 Å². The second-order valence-corrected chi connectivity index (χ2v) is 9.78. The maximum atomic E-state index is 15.4. The van der Waals surface area contributed by atoms with Crippen molar-refractivity contribution in [2.24, 2.45) is 0 Å². The van der Waals surface area contributed by atoms with Crippen LogP contribution in [0, 0.1) is 22.6 Å². The first kappa shape index (κ1) is 30.9. The highest BCUT2D eigenvalue weighted by molar-refractivity contribution is 8.93. The number of nitrogens with zero attached hydrogens (tertiary/aromatic N) is 2. The molecule has 2 aromatic rings. The lowest BCUT2D eigenvalue weighted by Gasteiger charge is -2.24. The Bertz CT molecular complexity index is 1240. The third-order valence-electron chi connectivity index (χ3n) is 6.00. The summed E-state index contributed by atoms with van der Waals surface area (Å²) in [5.74, 6) is -0.720. The number of carbonyl (C=O) groups excluding carboxylic acids is 1. The molecule has 0 radical (unpaired) electrons. The van der Waals surface area contributed by atoms with Crippen molar-refractivity contribution in [3.8, 4) is 29.1 Å². The molecule has 3 rings (SSSR count). The number of carbonyl (C=O) groups is 1. The SMILES string of the molecule is Br.CCOc1cc2c(c(F)c1OCC)C(=N)N(CC(=O)c1cc(OCCCC#N)c(O)c(C(C)(C)C)c1)C2. The van der Waals surface area contributed by atoms with E-state index in [-0.39, 0.29) is 83.5 Å². The lowest BCUT2D eigenvalue weighted by Crippen LogP contribution is -2.30. The smallest absolute Gasteiger partial charge is 0.197 e. The molecule has 0 unspecified atom stereocenters. The summed E-state index contributed by atoms with van der Waals surface area (Å²) in [6, 6.07) is 6.82. The Morgan fingerprint density at radius 2 is 1.84 bits per heavy atom. The number of phenolic OH excluding ortho intramolecular Hbond substituents is 1. The number of amidine groups is 1. The van der Waals surface area contributed by atoms with Crippen LogP contribution >= 0.6 is 17.0 Å². The molecular formula is C28H35BrFN3O5. The molecule has 0 bridgehead atoms. The van der Waals surface area contributed by atoms with Crippen molar-refractivity contribution in [3.05, 3.63) is 46.3 Å². The lowest BCUT2D eigenvalue weighted by atomic mass is 9.84. The largest absolute Gasteiger partial charge is 0.504 e. The van der Waals surface area contributed by atoms with Gasteiger partial charge in [-0.3, -0.25) is 10.2 Å². The summed E-state index contributed by atoms with van der Waals surface area (Å²) in [6.45, 7) is 10.1. The van der Waals surface area contributed by atoms with E-state index in [1.54, 1.807) is 26.0 Å². The van der Waals surface area contributed by atoms with E-state index in [4.69, 9.17) is 24.9 Å². The normalized spacial score (nSPS) is 12.4. The topological polar surface area (TPSA) is 116 Å². The molecule has 38 heavy (non-hydrogen) atoms. The minimum atomic E-state index is -0.671. The molecule has 2 N–H and O–H groups in total. The first-order valence-corrected chi connectivity index (χ1v) is 12.4. The molecule has 1 aliphatic rings. The van der Waals surface area contributed by atoms with Gasteiger partial charge >= 0.3 is 0 Å². The Kier molecular flexibility index (Phi) is 10.5. The Morgan fingerprint density at radius 3 is 2.45 bits per heavy atom. The molecule has 0 amide bonds. The molecule has 0 saturated heterocycles. The van der Waals surface area contributed by atoms with Gasteiger partial charge in [0.1, 0.15) is 5.84 Å². The second-order valence-electron chi connectivity index (χ2n) is 9.78. The highest BCUT2D eigenvalue weighted by atomic mass is 79.9. The maximum absolute atomic E-state index is 15.4. The number of phenols is 1. The van der Waals surface area contributed by atoms with Gasteiger partial charge in [0.25, 0.3) is 0 Å². The summed E-state index contributed by atoms with van der Waals surface area (Å²) in [4.78, 5) is 14.9. The number of ketones is 1. The van der Waals surface area contributed by atoms with Gasteiger partial charge in [0.15, 0.2) is 34.6 Å². The summed E-state index contributed by atoms with van der Waals surface area (Å²) < 4.78 is 32.1. The number of nitrogens with one attached hydrogen (secondary N) is 1. The molecule has 10 heteroatoms. The number of rotatable bonds is 11. The molecule has 0 aromatic heterocycles. The van der Waals surface area contributed by atoms with Crippen molar-refractivity contribution >= 4 is 28.6 Å². The minimum absolute atomic E-state index is 0. The number of hydrogen-bond acceptors (Lipinski definition) is 7. The zero-order valence-electron chi connectivity index (χ0n) is 22.4. The molecule has 1 heterocycles. The molecule has 1 aliphatic heterocycles. The fraction of sp³-hybridized carbons (Fsp3) is 0.464. The summed E-state index contributed by atoms with van der Waals surface area (Å²) in [7, 11) is 0. The predicted octanol–water partition coefficient (Wildman–Crippen LogP) is 5.91. The quantitative estimate of drug-likeness (QED) is 0.246. The highest BCUT2D eigenvalue weighted by Crippen LogP contribution is 2.41. The van der Waals surface area contributed by atoms with Gasteiger partial charge < -0.3 is 24.2 Å². The second kappa shape index (κ2) is 13.0. The average Bonchev–Trinajstić information content (AvgIpc) is 3.14. The van der Waals surface area contributed by atoms with Gasteiger partial charge in [-0.15, -0.1) is 17.0 Å². The molecule has 206 valence electrons. The molecule has 0 aliphatic carbocycles. The first-order valence-electron chi connectivity index (χ1n) is 12.4. The van der Waals surface area contributed by atoms with Gasteiger partial charge in [-0.2, -0.15) is 5.26 Å². The third kappa shape index (κ3) is 6.57. The number of halogens is 2. The Labute approximate surface area is 233 Å². The van der Waals surface area contributed by atoms with Crippen molar-refractivity contribution in [1.82, 2.24) is 4.90 Å². The number of fused-ring (bicyclic) bond motifs is 1.